The zero-order valence-electron chi connectivity index (χ0n) is 10.1. The Balaban J connectivity index is 2.40. The molecule has 1 amide bonds. The minimum atomic E-state index is -0.155. The molecule has 4 nitrogen and oxygen atoms in total. The summed E-state index contributed by atoms with van der Waals surface area (Å²) in [6, 6.07) is 7.38. The zero-order chi connectivity index (χ0) is 13.1. The lowest BCUT2D eigenvalue weighted by Crippen LogP contribution is -2.25. The van der Waals surface area contributed by atoms with Gasteiger partial charge in [-0.2, -0.15) is 5.26 Å². The molecule has 5 heteroatoms. The molecular weight excluding hydrogens is 250 g/mol. The molecule has 0 spiro atoms. The number of hydrogen-bond acceptors (Lipinski definition) is 3. The third-order valence-electron chi connectivity index (χ3n) is 2.86. The van der Waals surface area contributed by atoms with Crippen LogP contribution < -0.4 is 10.2 Å². The number of hydrogen-bond donors (Lipinski definition) is 1. The predicted octanol–water partition coefficient (Wildman–Crippen LogP) is 2.33. The molecule has 1 atom stereocenters. The lowest BCUT2D eigenvalue weighted by molar-refractivity contribution is -0.117. The van der Waals surface area contributed by atoms with E-state index in [4.69, 9.17) is 16.9 Å². The minimum absolute atomic E-state index is 0.00393. The molecule has 1 saturated heterocycles. The van der Waals surface area contributed by atoms with Crippen LogP contribution in [0.2, 0.25) is 0 Å². The van der Waals surface area contributed by atoms with E-state index in [0.717, 1.165) is 17.9 Å². The van der Waals surface area contributed by atoms with Gasteiger partial charge in [-0.05, 0) is 25.1 Å². The van der Waals surface area contributed by atoms with Crippen molar-refractivity contribution in [3.8, 4) is 6.07 Å². The van der Waals surface area contributed by atoms with Crippen LogP contribution in [0.5, 0.6) is 0 Å². The summed E-state index contributed by atoms with van der Waals surface area (Å²) in [6.07, 6.45) is 0.351. The van der Waals surface area contributed by atoms with Gasteiger partial charge in [-0.3, -0.25) is 4.79 Å². The number of benzene rings is 1. The maximum Gasteiger partial charge on any atom is 0.228 e. The van der Waals surface area contributed by atoms with E-state index in [2.05, 4.69) is 11.4 Å². The van der Waals surface area contributed by atoms with Crippen LogP contribution in [-0.2, 0) is 4.79 Å². The highest BCUT2D eigenvalue weighted by molar-refractivity contribution is 6.24. The van der Waals surface area contributed by atoms with E-state index in [1.165, 1.54) is 0 Å². The fourth-order valence-electron chi connectivity index (χ4n) is 2.06. The molecule has 0 aromatic heterocycles. The van der Waals surface area contributed by atoms with Gasteiger partial charge in [0.1, 0.15) is 0 Å². The first kappa shape index (κ1) is 12.7. The van der Waals surface area contributed by atoms with Crippen molar-refractivity contribution in [3.63, 3.8) is 0 Å². The number of nitrogens with zero attached hydrogens (tertiary/aromatic N) is 2. The van der Waals surface area contributed by atoms with Gasteiger partial charge in [0.15, 0.2) is 0 Å². The number of amides is 1. The molecule has 1 aliphatic rings. The smallest absolute Gasteiger partial charge is 0.228 e. The van der Waals surface area contributed by atoms with Crippen LogP contribution in [0.1, 0.15) is 18.9 Å². The first-order chi connectivity index (χ1) is 8.65. The number of anilines is 2. The number of halogens is 1. The fraction of sp³-hybridized carbons (Fsp3) is 0.385. The molecule has 1 aromatic rings. The number of rotatable bonds is 3. The first-order valence-corrected chi connectivity index (χ1v) is 6.31. The summed E-state index contributed by atoms with van der Waals surface area (Å²) in [4.78, 5) is 13.5. The number of carbonyl (C=O) groups is 1. The van der Waals surface area contributed by atoms with Crippen LogP contribution in [0.25, 0.3) is 0 Å². The first-order valence-electron chi connectivity index (χ1n) is 5.88. The van der Waals surface area contributed by atoms with E-state index in [0.29, 0.717) is 18.5 Å². The molecule has 1 fully saturated rings. The lowest BCUT2D eigenvalue weighted by Gasteiger charge is -2.20. The van der Waals surface area contributed by atoms with Crippen LogP contribution >= 0.6 is 11.6 Å². The Morgan fingerprint density at radius 1 is 1.61 bits per heavy atom. The predicted molar refractivity (Wildman–Crippen MR) is 71.9 cm³/mol. The van der Waals surface area contributed by atoms with E-state index >= 15 is 0 Å². The standard InChI is InChI=1S/C13H14ClN3O/c1-2-16-11-4-3-9(7-15)5-12(11)17-8-10(14)6-13(17)18/h3-5,10,16H,2,6,8H2,1H3. The Labute approximate surface area is 111 Å². The van der Waals surface area contributed by atoms with Crippen molar-refractivity contribution in [1.82, 2.24) is 0 Å². The van der Waals surface area contributed by atoms with Gasteiger partial charge in [0, 0.05) is 19.5 Å². The van der Waals surface area contributed by atoms with E-state index < -0.39 is 0 Å². The molecule has 1 N–H and O–H groups in total. The second-order valence-electron chi connectivity index (χ2n) is 4.18. The third kappa shape index (κ3) is 2.41. The van der Waals surface area contributed by atoms with E-state index in [9.17, 15) is 4.79 Å². The highest BCUT2D eigenvalue weighted by atomic mass is 35.5. The molecule has 2 rings (SSSR count). The molecule has 0 bridgehead atoms. The van der Waals surface area contributed by atoms with Gasteiger partial charge in [-0.1, -0.05) is 0 Å². The van der Waals surface area contributed by atoms with Crippen molar-refractivity contribution in [2.24, 2.45) is 0 Å². The van der Waals surface area contributed by atoms with Crippen molar-refractivity contribution in [3.05, 3.63) is 23.8 Å². The number of nitrogens with one attached hydrogen (secondary N) is 1. The molecule has 1 unspecified atom stereocenters. The van der Waals surface area contributed by atoms with Crippen molar-refractivity contribution in [1.29, 1.82) is 5.26 Å². The average Bonchev–Trinajstić information content (AvgIpc) is 2.69. The van der Waals surface area contributed by atoms with Gasteiger partial charge in [0.25, 0.3) is 0 Å². The minimum Gasteiger partial charge on any atom is -0.384 e. The third-order valence-corrected chi connectivity index (χ3v) is 3.16. The van der Waals surface area contributed by atoms with Crippen LogP contribution in [0, 0.1) is 11.3 Å². The molecule has 0 radical (unpaired) electrons. The molecule has 18 heavy (non-hydrogen) atoms. The van der Waals surface area contributed by atoms with Gasteiger partial charge < -0.3 is 10.2 Å². The maximum absolute atomic E-state index is 11.9. The van der Waals surface area contributed by atoms with Crippen LogP contribution in [0.4, 0.5) is 11.4 Å². The summed E-state index contributed by atoms with van der Waals surface area (Å²) in [5.74, 6) is 0.00393. The Morgan fingerprint density at radius 2 is 2.39 bits per heavy atom. The van der Waals surface area contributed by atoms with Gasteiger partial charge in [-0.15, -0.1) is 11.6 Å². The molecule has 0 saturated carbocycles. The summed E-state index contributed by atoms with van der Waals surface area (Å²) < 4.78 is 0. The van der Waals surface area contributed by atoms with Gasteiger partial charge in [0.05, 0.1) is 28.4 Å². The summed E-state index contributed by atoms with van der Waals surface area (Å²) in [5, 5.41) is 12.0. The fourth-order valence-corrected chi connectivity index (χ4v) is 2.33. The molecular formula is C13H14ClN3O. The van der Waals surface area contributed by atoms with Gasteiger partial charge in [-0.25, -0.2) is 0 Å². The molecule has 0 aliphatic carbocycles. The monoisotopic (exact) mass is 263 g/mol. The molecule has 1 heterocycles. The summed E-state index contributed by atoms with van der Waals surface area (Å²) >= 11 is 6.01. The van der Waals surface area contributed by atoms with E-state index in [1.807, 2.05) is 13.0 Å². The number of nitriles is 1. The van der Waals surface area contributed by atoms with Crippen molar-refractivity contribution >= 4 is 28.9 Å². The van der Waals surface area contributed by atoms with Crippen molar-refractivity contribution < 1.29 is 4.79 Å². The Bertz CT molecular complexity index is 509. The summed E-state index contributed by atoms with van der Waals surface area (Å²) in [5.41, 5.74) is 2.14. The van der Waals surface area contributed by atoms with Gasteiger partial charge >= 0.3 is 0 Å². The van der Waals surface area contributed by atoms with E-state index in [-0.39, 0.29) is 11.3 Å². The summed E-state index contributed by atoms with van der Waals surface area (Å²) in [6.45, 7) is 3.23. The van der Waals surface area contributed by atoms with Crippen molar-refractivity contribution in [2.75, 3.05) is 23.3 Å². The summed E-state index contributed by atoms with van der Waals surface area (Å²) in [7, 11) is 0. The van der Waals surface area contributed by atoms with Crippen molar-refractivity contribution in [2.45, 2.75) is 18.7 Å². The largest absolute Gasteiger partial charge is 0.384 e. The zero-order valence-corrected chi connectivity index (χ0v) is 10.9. The SMILES string of the molecule is CCNc1ccc(C#N)cc1N1CC(Cl)CC1=O. The highest BCUT2D eigenvalue weighted by Gasteiger charge is 2.30. The quantitative estimate of drug-likeness (QED) is 0.852. The normalized spacial score (nSPS) is 18.8. The van der Waals surface area contributed by atoms with Crippen LogP contribution in [0.15, 0.2) is 18.2 Å². The number of alkyl halides is 1. The second-order valence-corrected chi connectivity index (χ2v) is 4.80. The van der Waals surface area contributed by atoms with E-state index in [1.54, 1.807) is 17.0 Å². The topological polar surface area (TPSA) is 56.1 Å². The van der Waals surface area contributed by atoms with Crippen LogP contribution in [0.3, 0.4) is 0 Å². The molecule has 1 aromatic carbocycles. The lowest BCUT2D eigenvalue weighted by atomic mass is 10.1. The highest BCUT2D eigenvalue weighted by Crippen LogP contribution is 2.31. The maximum atomic E-state index is 11.9. The Kier molecular flexibility index (Phi) is 3.73. The number of carbonyl (C=O) groups excluding carboxylic acids is 1. The Hall–Kier alpha value is -1.73. The Morgan fingerprint density at radius 3 is 2.94 bits per heavy atom. The second kappa shape index (κ2) is 5.28. The molecule has 1 aliphatic heterocycles. The van der Waals surface area contributed by atoms with Crippen LogP contribution in [-0.4, -0.2) is 24.4 Å². The molecule has 94 valence electrons. The average molecular weight is 264 g/mol. The van der Waals surface area contributed by atoms with Gasteiger partial charge in [0.2, 0.25) is 5.91 Å².